The van der Waals surface area contributed by atoms with Gasteiger partial charge in [-0.25, -0.2) is 0 Å². The first-order valence-electron chi connectivity index (χ1n) is 5.75. The number of aromatic nitrogens is 1. The number of nitrogen functional groups attached to an aromatic ring is 1. The number of benzene rings is 1. The molecule has 18 heavy (non-hydrogen) atoms. The van der Waals surface area contributed by atoms with Gasteiger partial charge in [0, 0.05) is 11.5 Å². The lowest BCUT2D eigenvalue weighted by Gasteiger charge is -2.10. The highest BCUT2D eigenvalue weighted by molar-refractivity contribution is 6.39. The maximum absolute atomic E-state index is 6.20. The van der Waals surface area contributed by atoms with E-state index in [9.17, 15) is 0 Å². The van der Waals surface area contributed by atoms with E-state index in [1.165, 1.54) is 0 Å². The molecule has 0 radical (unpaired) electrons. The van der Waals surface area contributed by atoms with E-state index in [-0.39, 0.29) is 5.92 Å². The Morgan fingerprint density at radius 2 is 1.89 bits per heavy atom. The first-order valence-corrected chi connectivity index (χ1v) is 6.51. The highest BCUT2D eigenvalue weighted by atomic mass is 35.5. The van der Waals surface area contributed by atoms with Gasteiger partial charge in [-0.15, -0.1) is 0 Å². The molecule has 1 atom stereocenters. The van der Waals surface area contributed by atoms with Crippen LogP contribution in [0.5, 0.6) is 0 Å². The van der Waals surface area contributed by atoms with E-state index in [1.54, 1.807) is 18.2 Å². The Morgan fingerprint density at radius 3 is 2.44 bits per heavy atom. The Balaban J connectivity index is 2.67. The summed E-state index contributed by atoms with van der Waals surface area (Å²) in [6.07, 6.45) is 0.920. The molecule has 0 bridgehead atoms. The van der Waals surface area contributed by atoms with Crippen molar-refractivity contribution < 1.29 is 4.52 Å². The van der Waals surface area contributed by atoms with E-state index in [0.29, 0.717) is 27.0 Å². The van der Waals surface area contributed by atoms with Crippen LogP contribution in [0.2, 0.25) is 10.0 Å². The van der Waals surface area contributed by atoms with Gasteiger partial charge in [-0.3, -0.25) is 0 Å². The molecule has 0 spiro atoms. The van der Waals surface area contributed by atoms with Crippen molar-refractivity contribution in [1.29, 1.82) is 0 Å². The Labute approximate surface area is 116 Å². The molecule has 96 valence electrons. The quantitative estimate of drug-likeness (QED) is 0.885. The normalized spacial score (nSPS) is 12.7. The molecular weight excluding hydrogens is 271 g/mol. The minimum atomic E-state index is 0.206. The first-order chi connectivity index (χ1) is 8.56. The van der Waals surface area contributed by atoms with Crippen LogP contribution in [0.3, 0.4) is 0 Å². The Kier molecular flexibility index (Phi) is 3.83. The monoisotopic (exact) mass is 284 g/mol. The second-order valence-electron chi connectivity index (χ2n) is 4.21. The summed E-state index contributed by atoms with van der Waals surface area (Å²) in [6, 6.07) is 5.34. The van der Waals surface area contributed by atoms with Crippen molar-refractivity contribution in [2.45, 2.75) is 26.2 Å². The molecule has 1 heterocycles. The lowest BCUT2D eigenvalue weighted by atomic mass is 9.97. The Morgan fingerprint density at radius 1 is 1.28 bits per heavy atom. The van der Waals surface area contributed by atoms with Gasteiger partial charge in [-0.05, 0) is 18.6 Å². The number of rotatable bonds is 3. The van der Waals surface area contributed by atoms with E-state index in [1.807, 2.05) is 6.92 Å². The van der Waals surface area contributed by atoms with Gasteiger partial charge in [-0.2, -0.15) is 0 Å². The number of nitrogens with zero attached hydrogens (tertiary/aromatic N) is 1. The molecule has 5 heteroatoms. The largest absolute Gasteiger partial charge is 0.380 e. The van der Waals surface area contributed by atoms with Crippen LogP contribution >= 0.6 is 23.2 Å². The molecule has 0 fully saturated rings. The molecular formula is C13H14Cl2N2O. The summed E-state index contributed by atoms with van der Waals surface area (Å²) >= 11 is 12.4. The second-order valence-corrected chi connectivity index (χ2v) is 5.03. The van der Waals surface area contributed by atoms with Gasteiger partial charge in [-0.1, -0.05) is 48.3 Å². The second kappa shape index (κ2) is 5.21. The lowest BCUT2D eigenvalue weighted by Crippen LogP contribution is -1.95. The number of hydrogen-bond donors (Lipinski definition) is 1. The molecule has 2 rings (SSSR count). The molecule has 2 aromatic rings. The number of hydrogen-bond acceptors (Lipinski definition) is 3. The molecule has 0 aliphatic carbocycles. The summed E-state index contributed by atoms with van der Waals surface area (Å²) in [5.74, 6) is 1.25. The molecule has 1 aromatic carbocycles. The third kappa shape index (κ3) is 2.20. The molecule has 2 N–H and O–H groups in total. The number of anilines is 1. The predicted molar refractivity (Wildman–Crippen MR) is 75.1 cm³/mol. The van der Waals surface area contributed by atoms with Crippen molar-refractivity contribution in [1.82, 2.24) is 5.16 Å². The van der Waals surface area contributed by atoms with Gasteiger partial charge >= 0.3 is 0 Å². The standard InChI is InChI=1S/C13H14Cl2N2O/c1-3-7(2)12-11(13(16)17-18-12)10-8(14)5-4-6-9(10)15/h4-7H,3H2,1-2H3,(H2,16,17). The minimum absolute atomic E-state index is 0.206. The van der Waals surface area contributed by atoms with E-state index >= 15 is 0 Å². The van der Waals surface area contributed by atoms with E-state index < -0.39 is 0 Å². The fourth-order valence-corrected chi connectivity index (χ4v) is 2.41. The summed E-state index contributed by atoms with van der Waals surface area (Å²) in [7, 11) is 0. The zero-order valence-electron chi connectivity index (χ0n) is 10.2. The lowest BCUT2D eigenvalue weighted by molar-refractivity contribution is 0.366. The van der Waals surface area contributed by atoms with E-state index in [2.05, 4.69) is 12.1 Å². The van der Waals surface area contributed by atoms with Crippen LogP contribution in [-0.2, 0) is 0 Å². The maximum atomic E-state index is 6.20. The third-order valence-corrected chi connectivity index (χ3v) is 3.65. The fraction of sp³-hybridized carbons (Fsp3) is 0.308. The minimum Gasteiger partial charge on any atom is -0.380 e. The zero-order chi connectivity index (χ0) is 13.3. The number of halogens is 2. The van der Waals surface area contributed by atoms with Crippen LogP contribution in [0.1, 0.15) is 31.9 Å². The van der Waals surface area contributed by atoms with Crippen LogP contribution in [-0.4, -0.2) is 5.16 Å². The zero-order valence-corrected chi connectivity index (χ0v) is 11.7. The topological polar surface area (TPSA) is 52.0 Å². The van der Waals surface area contributed by atoms with Gasteiger partial charge < -0.3 is 10.3 Å². The Hall–Kier alpha value is -1.19. The van der Waals surface area contributed by atoms with Crippen molar-refractivity contribution in [2.75, 3.05) is 5.73 Å². The van der Waals surface area contributed by atoms with Crippen LogP contribution in [0.4, 0.5) is 5.82 Å². The SMILES string of the molecule is CCC(C)c1onc(N)c1-c1c(Cl)cccc1Cl. The van der Waals surface area contributed by atoms with Gasteiger partial charge in [0.25, 0.3) is 0 Å². The Bertz CT molecular complexity index is 546. The maximum Gasteiger partial charge on any atom is 0.175 e. The molecule has 0 aliphatic heterocycles. The average molecular weight is 285 g/mol. The summed E-state index contributed by atoms with van der Waals surface area (Å²) in [4.78, 5) is 0. The van der Waals surface area contributed by atoms with Crippen molar-refractivity contribution in [3.8, 4) is 11.1 Å². The van der Waals surface area contributed by atoms with Gasteiger partial charge in [0.15, 0.2) is 5.82 Å². The van der Waals surface area contributed by atoms with Gasteiger partial charge in [0.05, 0.1) is 15.6 Å². The third-order valence-electron chi connectivity index (χ3n) is 3.02. The van der Waals surface area contributed by atoms with Crippen molar-refractivity contribution in [3.05, 3.63) is 34.0 Å². The molecule has 0 saturated heterocycles. The van der Waals surface area contributed by atoms with E-state index in [0.717, 1.165) is 12.2 Å². The van der Waals surface area contributed by atoms with Crippen LogP contribution < -0.4 is 5.73 Å². The predicted octanol–water partition coefficient (Wildman–Crippen LogP) is 4.74. The molecule has 0 saturated carbocycles. The first kappa shape index (κ1) is 13.2. The van der Waals surface area contributed by atoms with Crippen LogP contribution in [0, 0.1) is 0 Å². The fourth-order valence-electron chi connectivity index (χ4n) is 1.83. The molecule has 3 nitrogen and oxygen atoms in total. The molecule has 1 aromatic heterocycles. The summed E-state index contributed by atoms with van der Waals surface area (Å²) in [6.45, 7) is 4.12. The summed E-state index contributed by atoms with van der Waals surface area (Å²) in [5, 5.41) is 4.92. The van der Waals surface area contributed by atoms with E-state index in [4.69, 9.17) is 33.5 Å². The smallest absolute Gasteiger partial charge is 0.175 e. The van der Waals surface area contributed by atoms with Crippen molar-refractivity contribution in [2.24, 2.45) is 0 Å². The highest BCUT2D eigenvalue weighted by Gasteiger charge is 2.23. The summed E-state index contributed by atoms with van der Waals surface area (Å²) < 4.78 is 5.32. The highest BCUT2D eigenvalue weighted by Crippen LogP contribution is 2.42. The average Bonchev–Trinajstić information content (AvgIpc) is 2.71. The van der Waals surface area contributed by atoms with Crippen LogP contribution in [0.25, 0.3) is 11.1 Å². The molecule has 1 unspecified atom stereocenters. The number of nitrogens with two attached hydrogens (primary N) is 1. The van der Waals surface area contributed by atoms with Crippen molar-refractivity contribution >= 4 is 29.0 Å². The molecule has 0 amide bonds. The van der Waals surface area contributed by atoms with Gasteiger partial charge in [0.2, 0.25) is 0 Å². The summed E-state index contributed by atoms with van der Waals surface area (Å²) in [5.41, 5.74) is 7.28. The van der Waals surface area contributed by atoms with Crippen molar-refractivity contribution in [3.63, 3.8) is 0 Å². The van der Waals surface area contributed by atoms with Crippen LogP contribution in [0.15, 0.2) is 22.7 Å². The van der Waals surface area contributed by atoms with Gasteiger partial charge in [0.1, 0.15) is 5.76 Å². The molecule has 0 aliphatic rings.